The van der Waals surface area contributed by atoms with Crippen LogP contribution < -0.4 is 5.32 Å². The lowest BCUT2D eigenvalue weighted by Gasteiger charge is -2.61. The Hall–Kier alpha value is -2.24. The first-order chi connectivity index (χ1) is 13.7. The number of aromatic hydroxyl groups is 1. The van der Waals surface area contributed by atoms with Crippen molar-refractivity contribution in [3.05, 3.63) is 29.3 Å². The predicted molar refractivity (Wildman–Crippen MR) is 112 cm³/mol. The fourth-order valence-corrected chi connectivity index (χ4v) is 5.83. The minimum absolute atomic E-state index is 0.0491. The number of urea groups is 1. The third kappa shape index (κ3) is 2.90. The molecule has 0 spiro atoms. The van der Waals surface area contributed by atoms with E-state index in [1.54, 1.807) is 11.0 Å². The summed E-state index contributed by atoms with van der Waals surface area (Å²) in [5.41, 5.74) is 2.05. The van der Waals surface area contributed by atoms with Crippen LogP contribution in [0.4, 0.5) is 4.79 Å². The summed E-state index contributed by atoms with van der Waals surface area (Å²) in [6.45, 7) is 11.2. The smallest absolute Gasteiger partial charge is 0.317 e. The van der Waals surface area contributed by atoms with Gasteiger partial charge in [0.2, 0.25) is 5.91 Å². The molecule has 6 nitrogen and oxygen atoms in total. The van der Waals surface area contributed by atoms with Crippen LogP contribution in [0.2, 0.25) is 0 Å². The topological polar surface area (TPSA) is 72.9 Å². The lowest BCUT2D eigenvalue weighted by Crippen LogP contribution is -2.65. The number of amides is 3. The highest BCUT2D eigenvalue weighted by atomic mass is 16.3. The molecule has 3 atom stereocenters. The van der Waals surface area contributed by atoms with Gasteiger partial charge in [-0.15, -0.1) is 0 Å². The van der Waals surface area contributed by atoms with E-state index in [0.717, 1.165) is 24.9 Å². The Kier molecular flexibility index (Phi) is 4.79. The first-order valence-electron chi connectivity index (χ1n) is 10.8. The van der Waals surface area contributed by atoms with E-state index in [2.05, 4.69) is 37.1 Å². The Bertz CT molecular complexity index is 837. The van der Waals surface area contributed by atoms with Crippen molar-refractivity contribution < 1.29 is 14.7 Å². The quantitative estimate of drug-likeness (QED) is 0.803. The minimum Gasteiger partial charge on any atom is -0.508 e. The normalized spacial score (nSPS) is 30.1. The summed E-state index contributed by atoms with van der Waals surface area (Å²) in [4.78, 5) is 29.5. The number of piperidine rings is 1. The summed E-state index contributed by atoms with van der Waals surface area (Å²) in [6.07, 6.45) is 2.28. The Labute approximate surface area is 173 Å². The molecular weight excluding hydrogens is 366 g/mol. The molecule has 2 heterocycles. The number of nitrogens with zero attached hydrogens (tertiary/aromatic N) is 2. The van der Waals surface area contributed by atoms with Crippen LogP contribution in [0.5, 0.6) is 5.75 Å². The lowest BCUT2D eigenvalue weighted by atomic mass is 9.51. The second-order valence-corrected chi connectivity index (χ2v) is 9.63. The molecular formula is C23H33N3O3. The maximum atomic E-state index is 13.5. The number of hydrogen-bond acceptors (Lipinski definition) is 3. The van der Waals surface area contributed by atoms with Crippen molar-refractivity contribution in [2.75, 3.05) is 26.2 Å². The summed E-state index contributed by atoms with van der Waals surface area (Å²) >= 11 is 0. The van der Waals surface area contributed by atoms with Crippen LogP contribution in [0, 0.1) is 11.3 Å². The van der Waals surface area contributed by atoms with E-state index in [1.165, 1.54) is 5.56 Å². The van der Waals surface area contributed by atoms with Crippen molar-refractivity contribution in [2.45, 2.75) is 58.4 Å². The van der Waals surface area contributed by atoms with E-state index in [4.69, 9.17) is 0 Å². The van der Waals surface area contributed by atoms with E-state index in [-0.39, 0.29) is 34.7 Å². The van der Waals surface area contributed by atoms with E-state index >= 15 is 0 Å². The maximum Gasteiger partial charge on any atom is 0.317 e. The number of carbonyl (C=O) groups excluding carboxylic acids is 2. The average molecular weight is 400 g/mol. The summed E-state index contributed by atoms with van der Waals surface area (Å²) in [7, 11) is 0. The van der Waals surface area contributed by atoms with Crippen LogP contribution in [0.1, 0.15) is 51.7 Å². The molecule has 1 aromatic rings. The molecule has 3 amide bonds. The first kappa shape index (κ1) is 20.0. The summed E-state index contributed by atoms with van der Waals surface area (Å²) < 4.78 is 0. The molecule has 1 aliphatic carbocycles. The van der Waals surface area contributed by atoms with Gasteiger partial charge in [0.25, 0.3) is 0 Å². The van der Waals surface area contributed by atoms with Crippen LogP contribution >= 0.6 is 0 Å². The van der Waals surface area contributed by atoms with Crippen molar-refractivity contribution in [1.29, 1.82) is 0 Å². The number of rotatable bonds is 2. The van der Waals surface area contributed by atoms with Gasteiger partial charge in [0, 0.05) is 37.6 Å². The van der Waals surface area contributed by atoms with Gasteiger partial charge >= 0.3 is 6.03 Å². The highest BCUT2D eigenvalue weighted by Crippen LogP contribution is 2.57. The van der Waals surface area contributed by atoms with E-state index < -0.39 is 0 Å². The predicted octanol–water partition coefficient (Wildman–Crippen LogP) is 2.88. The lowest BCUT2D eigenvalue weighted by molar-refractivity contribution is -0.147. The molecule has 158 valence electrons. The molecule has 2 saturated heterocycles. The van der Waals surface area contributed by atoms with Crippen molar-refractivity contribution >= 4 is 11.9 Å². The van der Waals surface area contributed by atoms with Gasteiger partial charge in [0.15, 0.2) is 0 Å². The minimum atomic E-state index is -0.136. The highest BCUT2D eigenvalue weighted by molar-refractivity contribution is 5.82. The van der Waals surface area contributed by atoms with Crippen LogP contribution in [-0.2, 0) is 16.6 Å². The van der Waals surface area contributed by atoms with Crippen LogP contribution in [0.3, 0.4) is 0 Å². The number of likely N-dealkylation sites (tertiary alicyclic amines) is 2. The molecule has 2 aliphatic heterocycles. The number of phenolic OH excluding ortho intramolecular Hbond substituents is 1. The number of phenols is 1. The van der Waals surface area contributed by atoms with Gasteiger partial charge in [-0.05, 0) is 48.8 Å². The van der Waals surface area contributed by atoms with Gasteiger partial charge in [-0.2, -0.15) is 0 Å². The number of nitrogens with one attached hydrogen (secondary N) is 1. The van der Waals surface area contributed by atoms with Crippen LogP contribution in [0.25, 0.3) is 0 Å². The monoisotopic (exact) mass is 399 g/mol. The summed E-state index contributed by atoms with van der Waals surface area (Å²) in [5.74, 6) is 0.367. The molecule has 2 bridgehead atoms. The second kappa shape index (κ2) is 6.92. The molecule has 0 saturated carbocycles. The fourth-order valence-electron chi connectivity index (χ4n) is 5.83. The van der Waals surface area contributed by atoms with Crippen LogP contribution in [-0.4, -0.2) is 59.1 Å². The van der Waals surface area contributed by atoms with Gasteiger partial charge in [-0.1, -0.05) is 32.9 Å². The van der Waals surface area contributed by atoms with E-state index in [1.807, 2.05) is 13.0 Å². The molecule has 0 radical (unpaired) electrons. The fraction of sp³-hybridized carbons (Fsp3) is 0.652. The van der Waals surface area contributed by atoms with Gasteiger partial charge in [0.05, 0.1) is 5.92 Å². The third-order valence-corrected chi connectivity index (χ3v) is 8.06. The Morgan fingerprint density at radius 3 is 2.72 bits per heavy atom. The number of hydrogen-bond donors (Lipinski definition) is 2. The molecule has 29 heavy (non-hydrogen) atoms. The van der Waals surface area contributed by atoms with Crippen molar-refractivity contribution in [2.24, 2.45) is 11.3 Å². The molecule has 6 heteroatoms. The number of benzene rings is 1. The molecule has 2 N–H and O–H groups in total. The molecule has 4 rings (SSSR count). The second-order valence-electron chi connectivity index (χ2n) is 9.63. The Morgan fingerprint density at radius 1 is 1.24 bits per heavy atom. The average Bonchev–Trinajstić information content (AvgIpc) is 3.15. The molecule has 3 aliphatic rings. The zero-order chi connectivity index (χ0) is 21.0. The van der Waals surface area contributed by atoms with Gasteiger partial charge in [-0.25, -0.2) is 4.79 Å². The van der Waals surface area contributed by atoms with Gasteiger partial charge in [-0.3, -0.25) is 4.79 Å². The largest absolute Gasteiger partial charge is 0.508 e. The SMILES string of the molecule is CCNC(=O)N1CCC(C(=O)N2CC[C@@]3(C)c4cccc(O)c4C[C@@H]2C3(C)C)C1. The summed E-state index contributed by atoms with van der Waals surface area (Å²) in [5, 5.41) is 13.4. The number of fused-ring (bicyclic) bond motifs is 4. The van der Waals surface area contributed by atoms with Gasteiger partial charge < -0.3 is 20.2 Å². The van der Waals surface area contributed by atoms with Gasteiger partial charge in [0.1, 0.15) is 5.75 Å². The molecule has 0 aromatic heterocycles. The van der Waals surface area contributed by atoms with Crippen molar-refractivity contribution in [3.8, 4) is 5.75 Å². The Balaban J connectivity index is 1.59. The standard InChI is InChI=1S/C23H33N3O3/c1-5-24-21(29)25-11-9-15(14-25)20(28)26-12-10-23(4)17-7-6-8-18(27)16(17)13-19(26)22(23,2)3/h6-8,15,19,27H,5,9-14H2,1-4H3,(H,24,29)/t15?,19-,23+/m1/s1. The first-order valence-corrected chi connectivity index (χ1v) is 10.8. The van der Waals surface area contributed by atoms with E-state index in [9.17, 15) is 14.7 Å². The van der Waals surface area contributed by atoms with Crippen molar-refractivity contribution in [3.63, 3.8) is 0 Å². The third-order valence-electron chi connectivity index (χ3n) is 8.06. The Morgan fingerprint density at radius 2 is 2.00 bits per heavy atom. The summed E-state index contributed by atoms with van der Waals surface area (Å²) in [6, 6.07) is 5.80. The molecule has 2 fully saturated rings. The maximum absolute atomic E-state index is 13.5. The number of carbonyl (C=O) groups is 2. The molecule has 1 aromatic carbocycles. The van der Waals surface area contributed by atoms with Crippen LogP contribution in [0.15, 0.2) is 18.2 Å². The highest BCUT2D eigenvalue weighted by Gasteiger charge is 2.57. The van der Waals surface area contributed by atoms with Crippen molar-refractivity contribution in [1.82, 2.24) is 15.1 Å². The molecule has 1 unspecified atom stereocenters. The zero-order valence-corrected chi connectivity index (χ0v) is 18.0. The zero-order valence-electron chi connectivity index (χ0n) is 18.0. The van der Waals surface area contributed by atoms with E-state index in [0.29, 0.717) is 31.8 Å².